The molecule has 4 rings (SSSR count). The van der Waals surface area contributed by atoms with Crippen LogP contribution in [0.2, 0.25) is 0 Å². The smallest absolute Gasteiger partial charge is 0.239 e. The van der Waals surface area contributed by atoms with E-state index in [2.05, 4.69) is 32.2 Å². The standard InChI is InChI=1S/C20H25N5O2/c1-15-11-18(23-20(21-15)24-7-9-27-10-8-24)25-13-17(22-19(26)14-25)12-16-5-3-2-4-6-16/h2-6,11,17H,7-10,12-14H2,1H3,(H,22,26)/t17-/m0/s1. The monoisotopic (exact) mass is 367 g/mol. The third kappa shape index (κ3) is 4.36. The fourth-order valence-corrected chi connectivity index (χ4v) is 3.61. The largest absolute Gasteiger partial charge is 0.378 e. The number of aryl methyl sites for hydroxylation is 1. The summed E-state index contributed by atoms with van der Waals surface area (Å²) in [4.78, 5) is 25.9. The maximum Gasteiger partial charge on any atom is 0.239 e. The van der Waals surface area contributed by atoms with Crippen LogP contribution in [0.15, 0.2) is 36.4 Å². The molecule has 1 N–H and O–H groups in total. The van der Waals surface area contributed by atoms with Gasteiger partial charge in [-0.3, -0.25) is 4.79 Å². The van der Waals surface area contributed by atoms with Gasteiger partial charge >= 0.3 is 0 Å². The molecule has 1 atom stereocenters. The fraction of sp³-hybridized carbons (Fsp3) is 0.450. The number of nitrogens with zero attached hydrogens (tertiary/aromatic N) is 4. The zero-order valence-corrected chi connectivity index (χ0v) is 15.6. The first kappa shape index (κ1) is 17.7. The molecule has 0 unspecified atom stereocenters. The van der Waals surface area contributed by atoms with Crippen molar-refractivity contribution in [3.63, 3.8) is 0 Å². The summed E-state index contributed by atoms with van der Waals surface area (Å²) >= 11 is 0. The number of morpholine rings is 1. The van der Waals surface area contributed by atoms with Gasteiger partial charge in [0.1, 0.15) is 5.82 Å². The van der Waals surface area contributed by atoms with Crippen LogP contribution < -0.4 is 15.1 Å². The number of carbonyl (C=O) groups is 1. The molecule has 2 saturated heterocycles. The van der Waals surface area contributed by atoms with Crippen molar-refractivity contribution in [3.8, 4) is 0 Å². The topological polar surface area (TPSA) is 70.6 Å². The molecule has 0 spiro atoms. The summed E-state index contributed by atoms with van der Waals surface area (Å²) in [6.45, 7) is 6.00. The van der Waals surface area contributed by atoms with Crippen molar-refractivity contribution in [1.82, 2.24) is 15.3 Å². The van der Waals surface area contributed by atoms with Gasteiger partial charge in [-0.25, -0.2) is 4.98 Å². The summed E-state index contributed by atoms with van der Waals surface area (Å²) < 4.78 is 5.42. The Hall–Kier alpha value is -2.67. The van der Waals surface area contributed by atoms with Crippen molar-refractivity contribution in [2.45, 2.75) is 19.4 Å². The normalized spacial score (nSPS) is 20.5. The summed E-state index contributed by atoms with van der Waals surface area (Å²) in [5.74, 6) is 1.57. The summed E-state index contributed by atoms with van der Waals surface area (Å²) in [5.41, 5.74) is 2.13. The lowest BCUT2D eigenvalue weighted by Crippen LogP contribution is -2.55. The predicted molar refractivity (Wildman–Crippen MR) is 104 cm³/mol. The van der Waals surface area contributed by atoms with Gasteiger partial charge in [-0.1, -0.05) is 30.3 Å². The number of piperazine rings is 1. The number of benzene rings is 1. The number of rotatable bonds is 4. The third-order valence-electron chi connectivity index (χ3n) is 4.91. The lowest BCUT2D eigenvalue weighted by Gasteiger charge is -2.35. The van der Waals surface area contributed by atoms with Crippen molar-refractivity contribution < 1.29 is 9.53 Å². The van der Waals surface area contributed by atoms with E-state index < -0.39 is 0 Å². The molecule has 2 aliphatic heterocycles. The number of amides is 1. The van der Waals surface area contributed by atoms with Crippen LogP contribution in [0.1, 0.15) is 11.3 Å². The first-order valence-electron chi connectivity index (χ1n) is 9.44. The maximum atomic E-state index is 12.3. The van der Waals surface area contributed by atoms with Crippen LogP contribution in [-0.4, -0.2) is 61.3 Å². The molecule has 3 heterocycles. The molecule has 0 saturated carbocycles. The average Bonchev–Trinajstić information content (AvgIpc) is 2.68. The van der Waals surface area contributed by atoms with Crippen LogP contribution in [0.25, 0.3) is 0 Å². The lowest BCUT2D eigenvalue weighted by molar-refractivity contribution is -0.121. The maximum absolute atomic E-state index is 12.3. The number of anilines is 2. The molecule has 1 aromatic heterocycles. The van der Waals surface area contributed by atoms with Gasteiger partial charge in [0.25, 0.3) is 0 Å². The van der Waals surface area contributed by atoms with Crippen LogP contribution in [0.4, 0.5) is 11.8 Å². The minimum Gasteiger partial charge on any atom is -0.378 e. The highest BCUT2D eigenvalue weighted by Crippen LogP contribution is 2.20. The van der Waals surface area contributed by atoms with E-state index >= 15 is 0 Å². The van der Waals surface area contributed by atoms with Gasteiger partial charge in [-0.05, 0) is 18.9 Å². The zero-order valence-electron chi connectivity index (χ0n) is 15.6. The van der Waals surface area contributed by atoms with Crippen LogP contribution in [0.5, 0.6) is 0 Å². The Balaban J connectivity index is 1.52. The second kappa shape index (κ2) is 7.92. The molecule has 7 nitrogen and oxygen atoms in total. The van der Waals surface area contributed by atoms with Gasteiger partial charge in [0.05, 0.1) is 25.8 Å². The van der Waals surface area contributed by atoms with Crippen LogP contribution in [-0.2, 0) is 16.0 Å². The van der Waals surface area contributed by atoms with Gasteiger partial charge < -0.3 is 19.9 Å². The fourth-order valence-electron chi connectivity index (χ4n) is 3.61. The highest BCUT2D eigenvalue weighted by atomic mass is 16.5. The minimum absolute atomic E-state index is 0.0337. The van der Waals surface area contributed by atoms with E-state index in [1.165, 1.54) is 5.56 Å². The lowest BCUT2D eigenvalue weighted by atomic mass is 10.0. The molecule has 2 aromatic rings. The van der Waals surface area contributed by atoms with Gasteiger partial charge in [0.2, 0.25) is 11.9 Å². The molecule has 7 heteroatoms. The van der Waals surface area contributed by atoms with Gasteiger partial charge in [0.15, 0.2) is 0 Å². The summed E-state index contributed by atoms with van der Waals surface area (Å²) in [7, 11) is 0. The van der Waals surface area contributed by atoms with E-state index in [9.17, 15) is 4.79 Å². The first-order chi connectivity index (χ1) is 13.2. The Morgan fingerprint density at radius 3 is 2.70 bits per heavy atom. The zero-order chi connectivity index (χ0) is 18.6. The number of ether oxygens (including phenoxy) is 1. The van der Waals surface area contributed by atoms with Crippen molar-refractivity contribution in [2.24, 2.45) is 0 Å². The number of aromatic nitrogens is 2. The third-order valence-corrected chi connectivity index (χ3v) is 4.91. The van der Waals surface area contributed by atoms with E-state index in [4.69, 9.17) is 9.72 Å². The molecule has 2 aliphatic rings. The highest BCUT2D eigenvalue weighted by Gasteiger charge is 2.27. The predicted octanol–water partition coefficient (Wildman–Crippen LogP) is 1.17. The van der Waals surface area contributed by atoms with Gasteiger partial charge in [0, 0.05) is 31.4 Å². The molecule has 1 amide bonds. The van der Waals surface area contributed by atoms with Crippen molar-refractivity contribution in [1.29, 1.82) is 0 Å². The van der Waals surface area contributed by atoms with E-state index in [-0.39, 0.29) is 11.9 Å². The number of hydrogen-bond donors (Lipinski definition) is 1. The van der Waals surface area contributed by atoms with Crippen molar-refractivity contribution in [3.05, 3.63) is 47.7 Å². The quantitative estimate of drug-likeness (QED) is 0.875. The van der Waals surface area contributed by atoms with Crippen LogP contribution >= 0.6 is 0 Å². The van der Waals surface area contributed by atoms with Gasteiger partial charge in [-0.15, -0.1) is 0 Å². The summed E-state index contributed by atoms with van der Waals surface area (Å²) in [5, 5.41) is 3.11. The molecule has 0 bridgehead atoms. The Morgan fingerprint density at radius 1 is 1.15 bits per heavy atom. The van der Waals surface area contributed by atoms with Gasteiger partial charge in [-0.2, -0.15) is 4.98 Å². The number of nitrogens with one attached hydrogen (secondary N) is 1. The first-order valence-corrected chi connectivity index (χ1v) is 9.44. The molecular formula is C20H25N5O2. The molecule has 1 aromatic carbocycles. The van der Waals surface area contributed by atoms with Crippen LogP contribution in [0.3, 0.4) is 0 Å². The molecule has 0 aliphatic carbocycles. The molecule has 142 valence electrons. The SMILES string of the molecule is Cc1cc(N2CC(=O)N[C@@H](Cc3ccccc3)C2)nc(N2CCOCC2)n1. The second-order valence-corrected chi connectivity index (χ2v) is 7.10. The Bertz CT molecular complexity index is 792. The average molecular weight is 367 g/mol. The Labute approximate surface area is 159 Å². The number of carbonyl (C=O) groups excluding carboxylic acids is 1. The summed E-state index contributed by atoms with van der Waals surface area (Å²) in [6, 6.07) is 12.3. The van der Waals surface area contributed by atoms with E-state index in [1.54, 1.807) is 0 Å². The number of hydrogen-bond acceptors (Lipinski definition) is 6. The molecule has 0 radical (unpaired) electrons. The van der Waals surface area contributed by atoms with Crippen molar-refractivity contribution >= 4 is 17.7 Å². The Morgan fingerprint density at radius 2 is 1.93 bits per heavy atom. The Kier molecular flexibility index (Phi) is 5.20. The van der Waals surface area contributed by atoms with Crippen molar-refractivity contribution in [2.75, 3.05) is 49.2 Å². The molecular weight excluding hydrogens is 342 g/mol. The van der Waals surface area contributed by atoms with Crippen LogP contribution in [0, 0.1) is 6.92 Å². The summed E-state index contributed by atoms with van der Waals surface area (Å²) in [6.07, 6.45) is 0.809. The highest BCUT2D eigenvalue weighted by molar-refractivity contribution is 5.82. The van der Waals surface area contributed by atoms with E-state index in [1.807, 2.05) is 31.2 Å². The second-order valence-electron chi connectivity index (χ2n) is 7.10. The molecule has 27 heavy (non-hydrogen) atoms. The van der Waals surface area contributed by atoms with E-state index in [0.717, 1.165) is 43.5 Å². The minimum atomic E-state index is 0.0337. The molecule has 2 fully saturated rings. The van der Waals surface area contributed by atoms with E-state index in [0.29, 0.717) is 19.8 Å².